The molecule has 4 aromatic heterocycles. The standard InChI is InChI=1S/C18H17N5O2S/c1-3-22-17(14-5-4-8-25-14)20-21-18(22)26-11-13-10-16(24)23-7-6-12(2)9-15(23)19-13/h4-10H,3,11H2,1-2H3. The Balaban J connectivity index is 1.62. The Kier molecular flexibility index (Phi) is 4.34. The van der Waals surface area contributed by atoms with E-state index in [1.165, 1.54) is 11.8 Å². The Morgan fingerprint density at radius 1 is 1.23 bits per heavy atom. The summed E-state index contributed by atoms with van der Waals surface area (Å²) >= 11 is 1.50. The van der Waals surface area contributed by atoms with E-state index < -0.39 is 0 Å². The highest BCUT2D eigenvalue weighted by Crippen LogP contribution is 2.26. The van der Waals surface area contributed by atoms with E-state index in [1.54, 1.807) is 22.9 Å². The second-order valence-corrected chi connectivity index (χ2v) is 6.78. The number of pyridine rings is 1. The minimum absolute atomic E-state index is 0.0844. The van der Waals surface area contributed by atoms with Gasteiger partial charge < -0.3 is 4.42 Å². The maximum Gasteiger partial charge on any atom is 0.258 e. The molecule has 132 valence electrons. The summed E-state index contributed by atoms with van der Waals surface area (Å²) in [6.07, 6.45) is 3.37. The van der Waals surface area contributed by atoms with Crippen LogP contribution in [0.3, 0.4) is 0 Å². The van der Waals surface area contributed by atoms with Gasteiger partial charge in [-0.3, -0.25) is 13.8 Å². The lowest BCUT2D eigenvalue weighted by molar-refractivity contribution is 0.567. The molecule has 0 saturated heterocycles. The average Bonchev–Trinajstić information content (AvgIpc) is 3.28. The minimum Gasteiger partial charge on any atom is -0.461 e. The van der Waals surface area contributed by atoms with Crippen molar-refractivity contribution in [3.63, 3.8) is 0 Å². The van der Waals surface area contributed by atoms with Crippen molar-refractivity contribution >= 4 is 17.4 Å². The van der Waals surface area contributed by atoms with Gasteiger partial charge >= 0.3 is 0 Å². The summed E-state index contributed by atoms with van der Waals surface area (Å²) in [6, 6.07) is 9.04. The predicted molar refractivity (Wildman–Crippen MR) is 99.2 cm³/mol. The van der Waals surface area contributed by atoms with Crippen LogP contribution in [0, 0.1) is 6.92 Å². The van der Waals surface area contributed by atoms with Crippen LogP contribution in [0.5, 0.6) is 0 Å². The molecule has 4 aromatic rings. The molecule has 0 N–H and O–H groups in total. The van der Waals surface area contributed by atoms with Crippen molar-refractivity contribution in [2.45, 2.75) is 31.3 Å². The van der Waals surface area contributed by atoms with Gasteiger partial charge in [0.05, 0.1) is 12.0 Å². The molecule has 0 aromatic carbocycles. The van der Waals surface area contributed by atoms with Crippen LogP contribution in [-0.4, -0.2) is 24.1 Å². The van der Waals surface area contributed by atoms with Crippen LogP contribution in [0.15, 0.2) is 57.2 Å². The van der Waals surface area contributed by atoms with Crippen LogP contribution < -0.4 is 5.56 Å². The molecular weight excluding hydrogens is 350 g/mol. The van der Waals surface area contributed by atoms with Crippen LogP contribution in [-0.2, 0) is 12.3 Å². The van der Waals surface area contributed by atoms with Gasteiger partial charge in [0.15, 0.2) is 16.7 Å². The van der Waals surface area contributed by atoms with Gasteiger partial charge in [0.25, 0.3) is 5.56 Å². The Labute approximate surface area is 153 Å². The van der Waals surface area contributed by atoms with Crippen molar-refractivity contribution in [1.29, 1.82) is 0 Å². The van der Waals surface area contributed by atoms with Gasteiger partial charge in [0, 0.05) is 24.6 Å². The topological polar surface area (TPSA) is 78.2 Å². The van der Waals surface area contributed by atoms with Crippen LogP contribution in [0.2, 0.25) is 0 Å². The van der Waals surface area contributed by atoms with Gasteiger partial charge in [-0.05, 0) is 43.7 Å². The van der Waals surface area contributed by atoms with Crippen molar-refractivity contribution < 1.29 is 4.42 Å². The van der Waals surface area contributed by atoms with E-state index in [1.807, 2.05) is 42.7 Å². The molecule has 0 atom stereocenters. The summed E-state index contributed by atoms with van der Waals surface area (Å²) in [6.45, 7) is 4.73. The van der Waals surface area contributed by atoms with Crippen molar-refractivity contribution in [1.82, 2.24) is 24.1 Å². The smallest absolute Gasteiger partial charge is 0.258 e. The highest BCUT2D eigenvalue weighted by molar-refractivity contribution is 7.98. The normalized spacial score (nSPS) is 11.3. The number of aryl methyl sites for hydroxylation is 1. The first kappa shape index (κ1) is 16.6. The molecule has 4 rings (SSSR count). The van der Waals surface area contributed by atoms with Gasteiger partial charge in [0.1, 0.15) is 5.65 Å². The first-order valence-corrected chi connectivity index (χ1v) is 9.23. The first-order chi connectivity index (χ1) is 12.7. The summed E-state index contributed by atoms with van der Waals surface area (Å²) in [7, 11) is 0. The Morgan fingerprint density at radius 3 is 2.88 bits per heavy atom. The number of nitrogens with zero attached hydrogens (tertiary/aromatic N) is 5. The fraction of sp³-hybridized carbons (Fsp3) is 0.222. The van der Waals surface area contributed by atoms with Gasteiger partial charge in [0.2, 0.25) is 0 Å². The van der Waals surface area contributed by atoms with E-state index in [2.05, 4.69) is 15.2 Å². The molecule has 0 amide bonds. The first-order valence-electron chi connectivity index (χ1n) is 8.24. The van der Waals surface area contributed by atoms with E-state index in [0.29, 0.717) is 23.0 Å². The van der Waals surface area contributed by atoms with Crippen LogP contribution in [0.1, 0.15) is 18.2 Å². The van der Waals surface area contributed by atoms with Crippen molar-refractivity contribution in [2.75, 3.05) is 0 Å². The Morgan fingerprint density at radius 2 is 2.12 bits per heavy atom. The van der Waals surface area contributed by atoms with E-state index in [0.717, 1.165) is 23.0 Å². The molecule has 0 aliphatic rings. The molecule has 4 heterocycles. The fourth-order valence-electron chi connectivity index (χ4n) is 2.73. The van der Waals surface area contributed by atoms with Crippen LogP contribution >= 0.6 is 11.8 Å². The van der Waals surface area contributed by atoms with Gasteiger partial charge in [-0.25, -0.2) is 4.98 Å². The van der Waals surface area contributed by atoms with Gasteiger partial charge in [-0.1, -0.05) is 11.8 Å². The SMILES string of the molecule is CCn1c(SCc2cc(=O)n3ccc(C)cc3n2)nnc1-c1ccco1. The van der Waals surface area contributed by atoms with E-state index in [9.17, 15) is 4.79 Å². The lowest BCUT2D eigenvalue weighted by atomic mass is 10.3. The Bertz CT molecular complexity index is 1110. The summed E-state index contributed by atoms with van der Waals surface area (Å²) in [5.74, 6) is 1.92. The van der Waals surface area contributed by atoms with Gasteiger partial charge in [-0.2, -0.15) is 0 Å². The number of aromatic nitrogens is 5. The molecule has 0 saturated carbocycles. The molecule has 0 spiro atoms. The monoisotopic (exact) mass is 367 g/mol. The van der Waals surface area contributed by atoms with Crippen LogP contribution in [0.4, 0.5) is 0 Å². The number of rotatable bonds is 5. The summed E-state index contributed by atoms with van der Waals surface area (Å²) in [5.41, 5.74) is 2.35. The lowest BCUT2D eigenvalue weighted by Crippen LogP contribution is -2.15. The lowest BCUT2D eigenvalue weighted by Gasteiger charge is -2.07. The maximum absolute atomic E-state index is 12.3. The molecule has 0 aliphatic heterocycles. The van der Waals surface area contributed by atoms with Crippen molar-refractivity contribution in [3.05, 3.63) is 64.4 Å². The Hall–Kier alpha value is -2.87. The number of fused-ring (bicyclic) bond motifs is 1. The average molecular weight is 367 g/mol. The third-order valence-electron chi connectivity index (χ3n) is 4.00. The third-order valence-corrected chi connectivity index (χ3v) is 5.00. The highest BCUT2D eigenvalue weighted by Gasteiger charge is 2.15. The molecule has 0 radical (unpaired) electrons. The summed E-state index contributed by atoms with van der Waals surface area (Å²) in [4.78, 5) is 16.9. The molecule has 7 nitrogen and oxygen atoms in total. The summed E-state index contributed by atoms with van der Waals surface area (Å²) < 4.78 is 8.96. The third kappa shape index (κ3) is 3.03. The number of hydrogen-bond acceptors (Lipinski definition) is 6. The quantitative estimate of drug-likeness (QED) is 0.504. The van der Waals surface area contributed by atoms with E-state index in [-0.39, 0.29) is 5.56 Å². The zero-order valence-corrected chi connectivity index (χ0v) is 15.2. The highest BCUT2D eigenvalue weighted by atomic mass is 32.2. The second kappa shape index (κ2) is 6.80. The molecular formula is C18H17N5O2S. The molecule has 0 aliphatic carbocycles. The van der Waals surface area contributed by atoms with Crippen molar-refractivity contribution in [2.24, 2.45) is 0 Å². The molecule has 8 heteroatoms. The summed E-state index contributed by atoms with van der Waals surface area (Å²) in [5, 5.41) is 9.26. The predicted octanol–water partition coefficient (Wildman–Crippen LogP) is 3.17. The number of thioether (sulfide) groups is 1. The maximum atomic E-state index is 12.3. The van der Waals surface area contributed by atoms with E-state index >= 15 is 0 Å². The number of hydrogen-bond donors (Lipinski definition) is 0. The van der Waals surface area contributed by atoms with Crippen LogP contribution in [0.25, 0.3) is 17.2 Å². The zero-order chi connectivity index (χ0) is 18.1. The second-order valence-electron chi connectivity index (χ2n) is 5.83. The zero-order valence-electron chi connectivity index (χ0n) is 14.4. The van der Waals surface area contributed by atoms with Gasteiger partial charge in [-0.15, -0.1) is 10.2 Å². The minimum atomic E-state index is -0.0844. The fourth-order valence-corrected chi connectivity index (χ4v) is 3.63. The van der Waals surface area contributed by atoms with Crippen molar-refractivity contribution in [3.8, 4) is 11.6 Å². The number of furan rings is 1. The largest absolute Gasteiger partial charge is 0.461 e. The van der Waals surface area contributed by atoms with E-state index in [4.69, 9.17) is 4.42 Å². The molecule has 0 fully saturated rings. The molecule has 0 bridgehead atoms. The molecule has 26 heavy (non-hydrogen) atoms. The molecule has 0 unspecified atom stereocenters.